The third-order valence-electron chi connectivity index (χ3n) is 2.49. The van der Waals surface area contributed by atoms with Crippen molar-refractivity contribution >= 4 is 22.7 Å². The van der Waals surface area contributed by atoms with Crippen LogP contribution in [0.1, 0.15) is 18.7 Å². The Morgan fingerprint density at radius 3 is 2.65 bits per heavy atom. The summed E-state index contributed by atoms with van der Waals surface area (Å²) in [6.45, 7) is 0. The second kappa shape index (κ2) is 6.09. The SMILES string of the molecule is N#CCCCSc1nc(C(F)(F)F)nc2ccccc12. The van der Waals surface area contributed by atoms with Crippen molar-refractivity contribution in [2.75, 3.05) is 5.75 Å². The number of halogens is 3. The highest BCUT2D eigenvalue weighted by Crippen LogP contribution is 2.32. The molecule has 0 radical (unpaired) electrons. The number of nitrogens with zero attached hydrogens (tertiary/aromatic N) is 3. The number of hydrogen-bond acceptors (Lipinski definition) is 4. The van der Waals surface area contributed by atoms with E-state index in [1.54, 1.807) is 18.2 Å². The Hall–Kier alpha value is -1.81. The monoisotopic (exact) mass is 297 g/mol. The highest BCUT2D eigenvalue weighted by molar-refractivity contribution is 7.99. The lowest BCUT2D eigenvalue weighted by atomic mass is 10.2. The van der Waals surface area contributed by atoms with Crippen LogP contribution in [0.5, 0.6) is 0 Å². The summed E-state index contributed by atoms with van der Waals surface area (Å²) in [7, 11) is 0. The molecule has 0 atom stereocenters. The number of benzene rings is 1. The fourth-order valence-corrected chi connectivity index (χ4v) is 2.57. The molecule has 0 bridgehead atoms. The minimum absolute atomic E-state index is 0.276. The quantitative estimate of drug-likeness (QED) is 0.485. The van der Waals surface area contributed by atoms with Gasteiger partial charge in [-0.15, -0.1) is 11.8 Å². The summed E-state index contributed by atoms with van der Waals surface area (Å²) in [4.78, 5) is 7.16. The van der Waals surface area contributed by atoms with Gasteiger partial charge in [0.1, 0.15) is 5.03 Å². The first-order chi connectivity index (χ1) is 9.52. The number of alkyl halides is 3. The molecule has 0 unspecified atom stereocenters. The number of hydrogen-bond donors (Lipinski definition) is 0. The molecule has 0 aliphatic rings. The molecule has 2 aromatic rings. The summed E-state index contributed by atoms with van der Waals surface area (Å²) in [5.41, 5.74) is 0.276. The zero-order chi connectivity index (χ0) is 14.6. The lowest BCUT2D eigenvalue weighted by molar-refractivity contribution is -0.145. The van der Waals surface area contributed by atoms with Crippen LogP contribution >= 0.6 is 11.8 Å². The van der Waals surface area contributed by atoms with Gasteiger partial charge in [0, 0.05) is 17.6 Å². The van der Waals surface area contributed by atoms with Crippen molar-refractivity contribution < 1.29 is 13.2 Å². The third kappa shape index (κ3) is 3.39. The summed E-state index contributed by atoms with van der Waals surface area (Å²) in [6.07, 6.45) is -3.57. The number of fused-ring (bicyclic) bond motifs is 1. The van der Waals surface area contributed by atoms with Crippen molar-refractivity contribution in [3.8, 4) is 6.07 Å². The van der Waals surface area contributed by atoms with E-state index in [9.17, 15) is 13.2 Å². The van der Waals surface area contributed by atoms with Crippen LogP contribution in [0.25, 0.3) is 10.9 Å². The van der Waals surface area contributed by atoms with Crippen LogP contribution in [0.4, 0.5) is 13.2 Å². The van der Waals surface area contributed by atoms with Gasteiger partial charge in [-0.3, -0.25) is 0 Å². The average molecular weight is 297 g/mol. The molecule has 1 heterocycles. The minimum atomic E-state index is -4.56. The van der Waals surface area contributed by atoms with Gasteiger partial charge in [0.15, 0.2) is 0 Å². The Bertz CT molecular complexity index is 649. The predicted molar refractivity (Wildman–Crippen MR) is 70.1 cm³/mol. The minimum Gasteiger partial charge on any atom is -0.224 e. The first-order valence-electron chi connectivity index (χ1n) is 5.86. The molecule has 0 N–H and O–H groups in total. The smallest absolute Gasteiger partial charge is 0.224 e. The van der Waals surface area contributed by atoms with Gasteiger partial charge < -0.3 is 0 Å². The van der Waals surface area contributed by atoms with E-state index in [0.29, 0.717) is 29.0 Å². The number of unbranched alkanes of at least 4 members (excludes halogenated alkanes) is 1. The van der Waals surface area contributed by atoms with Crippen LogP contribution in [-0.4, -0.2) is 15.7 Å². The molecule has 0 amide bonds. The molecule has 1 aromatic carbocycles. The molecule has 104 valence electrons. The van der Waals surface area contributed by atoms with Gasteiger partial charge in [-0.25, -0.2) is 9.97 Å². The fraction of sp³-hybridized carbons (Fsp3) is 0.308. The number of rotatable bonds is 4. The fourth-order valence-electron chi connectivity index (χ4n) is 1.60. The first kappa shape index (κ1) is 14.6. The van der Waals surface area contributed by atoms with E-state index in [1.165, 1.54) is 17.8 Å². The lowest BCUT2D eigenvalue weighted by Gasteiger charge is -2.09. The Kier molecular flexibility index (Phi) is 4.45. The summed E-state index contributed by atoms with van der Waals surface area (Å²) >= 11 is 1.22. The second-order valence-electron chi connectivity index (χ2n) is 3.98. The van der Waals surface area contributed by atoms with Crippen molar-refractivity contribution in [1.82, 2.24) is 9.97 Å². The van der Waals surface area contributed by atoms with E-state index in [-0.39, 0.29) is 5.52 Å². The van der Waals surface area contributed by atoms with Gasteiger partial charge in [0.05, 0.1) is 11.6 Å². The topological polar surface area (TPSA) is 49.6 Å². The molecular formula is C13H10F3N3S. The molecule has 0 aliphatic heterocycles. The van der Waals surface area contributed by atoms with E-state index < -0.39 is 12.0 Å². The molecule has 0 fully saturated rings. The Morgan fingerprint density at radius 2 is 1.95 bits per heavy atom. The standard InChI is InChI=1S/C13H10F3N3S/c14-13(15,16)12-18-10-6-2-1-5-9(10)11(19-12)20-8-4-3-7-17/h1-2,5-6H,3-4,8H2. The third-order valence-corrected chi connectivity index (χ3v) is 3.57. The molecule has 1 aromatic heterocycles. The second-order valence-corrected chi connectivity index (χ2v) is 5.06. The molecule has 7 heteroatoms. The molecule has 20 heavy (non-hydrogen) atoms. The molecule has 0 aliphatic carbocycles. The summed E-state index contributed by atoms with van der Waals surface area (Å²) in [5.74, 6) is -0.578. The van der Waals surface area contributed by atoms with Gasteiger partial charge in [-0.2, -0.15) is 18.4 Å². The van der Waals surface area contributed by atoms with Gasteiger partial charge in [-0.1, -0.05) is 18.2 Å². The van der Waals surface area contributed by atoms with Crippen molar-refractivity contribution in [1.29, 1.82) is 5.26 Å². The maximum atomic E-state index is 12.8. The van der Waals surface area contributed by atoms with Crippen molar-refractivity contribution in [3.63, 3.8) is 0 Å². The van der Waals surface area contributed by atoms with E-state index >= 15 is 0 Å². The highest BCUT2D eigenvalue weighted by Gasteiger charge is 2.35. The summed E-state index contributed by atoms with van der Waals surface area (Å²) < 4.78 is 38.3. The maximum Gasteiger partial charge on any atom is 0.451 e. The van der Waals surface area contributed by atoms with Gasteiger partial charge in [-0.05, 0) is 12.5 Å². The number of nitriles is 1. The van der Waals surface area contributed by atoms with E-state index in [1.807, 2.05) is 6.07 Å². The average Bonchev–Trinajstić information content (AvgIpc) is 2.42. The predicted octanol–water partition coefficient (Wildman–Crippen LogP) is 4.04. The van der Waals surface area contributed by atoms with Crippen molar-refractivity contribution in [2.45, 2.75) is 24.0 Å². The Labute approximate surface area is 117 Å². The van der Waals surface area contributed by atoms with E-state index in [4.69, 9.17) is 5.26 Å². The van der Waals surface area contributed by atoms with Gasteiger partial charge >= 0.3 is 6.18 Å². The normalized spacial score (nSPS) is 11.5. The van der Waals surface area contributed by atoms with Crippen LogP contribution in [0.3, 0.4) is 0 Å². The molecule has 0 spiro atoms. The van der Waals surface area contributed by atoms with Crippen LogP contribution < -0.4 is 0 Å². The molecule has 0 saturated heterocycles. The lowest BCUT2D eigenvalue weighted by Crippen LogP contribution is -2.11. The number of aromatic nitrogens is 2. The van der Waals surface area contributed by atoms with Crippen molar-refractivity contribution in [3.05, 3.63) is 30.1 Å². The zero-order valence-corrected chi connectivity index (χ0v) is 11.1. The zero-order valence-electron chi connectivity index (χ0n) is 10.3. The summed E-state index contributed by atoms with van der Waals surface area (Å²) in [6, 6.07) is 8.60. The number of thioether (sulfide) groups is 1. The summed E-state index contributed by atoms with van der Waals surface area (Å²) in [5, 5.41) is 9.36. The first-order valence-corrected chi connectivity index (χ1v) is 6.84. The molecule has 2 rings (SSSR count). The Balaban J connectivity index is 2.37. The maximum absolute atomic E-state index is 12.8. The Morgan fingerprint density at radius 1 is 1.20 bits per heavy atom. The number of para-hydroxylation sites is 1. The highest BCUT2D eigenvalue weighted by atomic mass is 32.2. The van der Waals surface area contributed by atoms with Crippen LogP contribution in [0.2, 0.25) is 0 Å². The molecule has 0 saturated carbocycles. The van der Waals surface area contributed by atoms with E-state index in [0.717, 1.165) is 0 Å². The van der Waals surface area contributed by atoms with Gasteiger partial charge in [0.2, 0.25) is 5.82 Å². The van der Waals surface area contributed by atoms with E-state index in [2.05, 4.69) is 9.97 Å². The molecular weight excluding hydrogens is 287 g/mol. The van der Waals surface area contributed by atoms with Crippen LogP contribution in [0, 0.1) is 11.3 Å². The van der Waals surface area contributed by atoms with Crippen molar-refractivity contribution in [2.24, 2.45) is 0 Å². The van der Waals surface area contributed by atoms with Crippen LogP contribution in [0.15, 0.2) is 29.3 Å². The molecule has 3 nitrogen and oxygen atoms in total. The largest absolute Gasteiger partial charge is 0.451 e. The van der Waals surface area contributed by atoms with Crippen LogP contribution in [-0.2, 0) is 6.18 Å². The van der Waals surface area contributed by atoms with Gasteiger partial charge in [0.25, 0.3) is 0 Å².